The van der Waals surface area contributed by atoms with Crippen LogP contribution in [0.15, 0.2) is 0 Å². The van der Waals surface area contributed by atoms with Crippen LogP contribution in [0, 0.1) is 5.92 Å². The molecular formula is C16H35BrO2. The van der Waals surface area contributed by atoms with Gasteiger partial charge >= 0.3 is 5.97 Å². The zero-order chi connectivity index (χ0) is 15.7. The summed E-state index contributed by atoms with van der Waals surface area (Å²) in [6.45, 7) is 14.5. The van der Waals surface area contributed by atoms with Crippen molar-refractivity contribution in [3.8, 4) is 0 Å². The van der Waals surface area contributed by atoms with Crippen molar-refractivity contribution in [2.24, 2.45) is 5.92 Å². The molecule has 0 aromatic rings. The summed E-state index contributed by atoms with van der Waals surface area (Å²) in [5.74, 6) is 0.584. The molecule has 19 heavy (non-hydrogen) atoms. The molecule has 1 aliphatic carbocycles. The second-order valence-corrected chi connectivity index (χ2v) is 4.79. The molecule has 2 atom stereocenters. The molecule has 0 aromatic carbocycles. The maximum Gasteiger partial charge on any atom is 0.316 e. The molecule has 1 saturated carbocycles. The molecule has 0 radical (unpaired) electrons. The first-order chi connectivity index (χ1) is 9.13. The second-order valence-electron chi connectivity index (χ2n) is 4.22. The van der Waals surface area contributed by atoms with Crippen molar-refractivity contribution < 1.29 is 9.53 Å². The Morgan fingerprint density at radius 2 is 1.63 bits per heavy atom. The topological polar surface area (TPSA) is 26.3 Å². The predicted octanol–water partition coefficient (Wildman–Crippen LogP) is 5.97. The van der Waals surface area contributed by atoms with Crippen LogP contribution in [0.1, 0.15) is 80.6 Å². The van der Waals surface area contributed by atoms with Crippen LogP contribution in [-0.4, -0.2) is 17.4 Å². The van der Waals surface area contributed by atoms with Crippen molar-refractivity contribution >= 4 is 21.9 Å². The van der Waals surface area contributed by atoms with Crippen LogP contribution in [0.25, 0.3) is 0 Å². The SMILES string of the molecule is CC.CC.CC1CCCC(OC(=O)CBr)C1.CCC. The number of carbonyl (C=O) groups is 1. The molecule has 0 bridgehead atoms. The molecule has 0 aliphatic heterocycles. The number of hydrogen-bond acceptors (Lipinski definition) is 2. The zero-order valence-electron chi connectivity index (χ0n) is 14.1. The molecule has 2 nitrogen and oxygen atoms in total. The Kier molecular flexibility index (Phi) is 25.6. The van der Waals surface area contributed by atoms with Gasteiger partial charge in [0.1, 0.15) is 11.4 Å². The third kappa shape index (κ3) is 17.9. The number of rotatable bonds is 2. The van der Waals surface area contributed by atoms with E-state index in [0.29, 0.717) is 11.2 Å². The first-order valence-corrected chi connectivity index (χ1v) is 9.01. The van der Waals surface area contributed by atoms with E-state index < -0.39 is 0 Å². The summed E-state index contributed by atoms with van der Waals surface area (Å²) in [7, 11) is 0. The average Bonchev–Trinajstić information content (AvgIpc) is 2.44. The fourth-order valence-electron chi connectivity index (χ4n) is 1.70. The van der Waals surface area contributed by atoms with Crippen molar-refractivity contribution in [2.45, 2.75) is 86.7 Å². The maximum atomic E-state index is 10.9. The zero-order valence-corrected chi connectivity index (χ0v) is 15.7. The predicted molar refractivity (Wildman–Crippen MR) is 90.0 cm³/mol. The molecule has 118 valence electrons. The second kappa shape index (κ2) is 20.3. The lowest BCUT2D eigenvalue weighted by atomic mass is 9.89. The summed E-state index contributed by atoms with van der Waals surface area (Å²) in [5.41, 5.74) is 0. The van der Waals surface area contributed by atoms with E-state index in [0.717, 1.165) is 12.8 Å². The van der Waals surface area contributed by atoms with Crippen molar-refractivity contribution in [1.29, 1.82) is 0 Å². The van der Waals surface area contributed by atoms with Gasteiger partial charge in [0.25, 0.3) is 0 Å². The highest BCUT2D eigenvalue weighted by Crippen LogP contribution is 2.25. The lowest BCUT2D eigenvalue weighted by Gasteiger charge is -2.26. The molecule has 0 saturated heterocycles. The van der Waals surface area contributed by atoms with E-state index in [9.17, 15) is 4.79 Å². The number of esters is 1. The fraction of sp³-hybridized carbons (Fsp3) is 0.938. The van der Waals surface area contributed by atoms with Gasteiger partial charge in [0.15, 0.2) is 0 Å². The van der Waals surface area contributed by atoms with Crippen LogP contribution in [0.4, 0.5) is 0 Å². The molecule has 2 unspecified atom stereocenters. The van der Waals surface area contributed by atoms with E-state index in [2.05, 4.69) is 36.7 Å². The molecule has 0 spiro atoms. The molecule has 3 heteroatoms. The molecule has 0 N–H and O–H groups in total. The van der Waals surface area contributed by atoms with Gasteiger partial charge < -0.3 is 4.74 Å². The summed E-state index contributed by atoms with van der Waals surface area (Å²) in [6.07, 6.45) is 5.99. The van der Waals surface area contributed by atoms with Gasteiger partial charge in [0, 0.05) is 0 Å². The van der Waals surface area contributed by atoms with Crippen molar-refractivity contribution in [3.05, 3.63) is 0 Å². The molecule has 1 fully saturated rings. The number of alkyl halides is 1. The summed E-state index contributed by atoms with van der Waals surface area (Å²) in [5, 5.41) is 0.317. The Bertz CT molecular complexity index is 172. The third-order valence-electron chi connectivity index (χ3n) is 2.30. The van der Waals surface area contributed by atoms with E-state index in [1.807, 2.05) is 27.7 Å². The van der Waals surface area contributed by atoms with Gasteiger partial charge in [-0.15, -0.1) is 0 Å². The number of halogens is 1. The van der Waals surface area contributed by atoms with Gasteiger partial charge in [-0.25, -0.2) is 0 Å². The summed E-state index contributed by atoms with van der Waals surface area (Å²) in [4.78, 5) is 10.9. The van der Waals surface area contributed by atoms with Gasteiger partial charge in [-0.1, -0.05) is 77.2 Å². The van der Waals surface area contributed by atoms with Crippen LogP contribution in [0.5, 0.6) is 0 Å². The Hall–Kier alpha value is -0.0500. The maximum absolute atomic E-state index is 10.9. The Morgan fingerprint density at radius 3 is 2.00 bits per heavy atom. The molecule has 0 aromatic heterocycles. The van der Waals surface area contributed by atoms with Crippen molar-refractivity contribution in [2.75, 3.05) is 5.33 Å². The van der Waals surface area contributed by atoms with Crippen LogP contribution in [-0.2, 0) is 9.53 Å². The summed E-state index contributed by atoms with van der Waals surface area (Å²) >= 11 is 3.08. The lowest BCUT2D eigenvalue weighted by Crippen LogP contribution is -2.24. The summed E-state index contributed by atoms with van der Waals surface area (Å²) in [6, 6.07) is 0. The van der Waals surface area contributed by atoms with E-state index in [1.165, 1.54) is 19.3 Å². The normalized spacial score (nSPS) is 20.4. The van der Waals surface area contributed by atoms with Crippen LogP contribution in [0.2, 0.25) is 0 Å². The van der Waals surface area contributed by atoms with E-state index in [-0.39, 0.29) is 12.1 Å². The Balaban J connectivity index is -0.000000313. The highest BCUT2D eigenvalue weighted by Gasteiger charge is 2.21. The first kappa shape index (κ1) is 24.0. The van der Waals surface area contributed by atoms with Crippen LogP contribution < -0.4 is 0 Å². The van der Waals surface area contributed by atoms with E-state index in [4.69, 9.17) is 4.74 Å². The number of hydrogen-bond donors (Lipinski definition) is 0. The fourth-order valence-corrected chi connectivity index (χ4v) is 1.84. The van der Waals surface area contributed by atoms with Crippen molar-refractivity contribution in [1.82, 2.24) is 0 Å². The molecule has 0 heterocycles. The molecule has 1 rings (SSSR count). The van der Waals surface area contributed by atoms with Gasteiger partial charge in [-0.2, -0.15) is 0 Å². The van der Waals surface area contributed by atoms with Crippen LogP contribution in [0.3, 0.4) is 0 Å². The highest BCUT2D eigenvalue weighted by atomic mass is 79.9. The van der Waals surface area contributed by atoms with Gasteiger partial charge in [0.2, 0.25) is 0 Å². The summed E-state index contributed by atoms with van der Waals surface area (Å²) < 4.78 is 5.23. The Morgan fingerprint density at radius 1 is 1.16 bits per heavy atom. The van der Waals surface area contributed by atoms with Gasteiger partial charge in [0.05, 0.1) is 0 Å². The first-order valence-electron chi connectivity index (χ1n) is 7.89. The molecular weight excluding hydrogens is 304 g/mol. The molecule has 1 aliphatic rings. The highest BCUT2D eigenvalue weighted by molar-refractivity contribution is 9.09. The largest absolute Gasteiger partial charge is 0.462 e. The van der Waals surface area contributed by atoms with Crippen molar-refractivity contribution in [3.63, 3.8) is 0 Å². The van der Waals surface area contributed by atoms with Crippen LogP contribution >= 0.6 is 15.9 Å². The van der Waals surface area contributed by atoms with E-state index >= 15 is 0 Å². The lowest BCUT2D eigenvalue weighted by molar-refractivity contribution is -0.147. The average molecular weight is 339 g/mol. The molecule has 0 amide bonds. The van der Waals surface area contributed by atoms with E-state index in [1.54, 1.807) is 0 Å². The minimum Gasteiger partial charge on any atom is -0.462 e. The van der Waals surface area contributed by atoms with Gasteiger partial charge in [-0.05, 0) is 25.2 Å². The Labute approximate surface area is 129 Å². The smallest absolute Gasteiger partial charge is 0.316 e. The quantitative estimate of drug-likeness (QED) is 0.457. The number of ether oxygens (including phenoxy) is 1. The minimum absolute atomic E-state index is 0.130. The minimum atomic E-state index is -0.130. The number of carbonyl (C=O) groups excluding carboxylic acids is 1. The van der Waals surface area contributed by atoms with Gasteiger partial charge in [-0.3, -0.25) is 4.79 Å². The third-order valence-corrected chi connectivity index (χ3v) is 2.75. The monoisotopic (exact) mass is 338 g/mol. The standard InChI is InChI=1S/C9H15BrO2.C3H8.2C2H6/c1-7-3-2-4-8(5-7)12-9(11)6-10;1-3-2;2*1-2/h7-8H,2-6H2,1H3;3H2,1-2H3;2*1-2H3.